The summed E-state index contributed by atoms with van der Waals surface area (Å²) in [5.41, 5.74) is 0. The quantitative estimate of drug-likeness (QED) is 0.378. The molecule has 0 aliphatic carbocycles. The summed E-state index contributed by atoms with van der Waals surface area (Å²) in [5, 5.41) is 0. The second kappa shape index (κ2) is 11.5. The van der Waals surface area contributed by atoms with Crippen molar-refractivity contribution in [1.29, 1.82) is 0 Å². The molecule has 0 N–H and O–H groups in total. The van der Waals surface area contributed by atoms with Crippen LogP contribution in [0.1, 0.15) is 71.6 Å². The predicted molar refractivity (Wildman–Crippen MR) is 67.0 cm³/mol. The molecule has 88 valence electrons. The van der Waals surface area contributed by atoms with Gasteiger partial charge in [0.25, 0.3) is 0 Å². The summed E-state index contributed by atoms with van der Waals surface area (Å²) in [5.74, 6) is 0.297. The van der Waals surface area contributed by atoms with Crippen molar-refractivity contribution in [2.24, 2.45) is 0 Å². The van der Waals surface area contributed by atoms with E-state index in [2.05, 4.69) is 13.8 Å². The van der Waals surface area contributed by atoms with Crippen molar-refractivity contribution in [3.05, 3.63) is 12.2 Å². The van der Waals surface area contributed by atoms with Gasteiger partial charge < -0.3 is 0 Å². The normalized spacial score (nSPS) is 11.1. The number of allylic oxidation sites excluding steroid dienone is 2. The Morgan fingerprint density at radius 1 is 0.933 bits per heavy atom. The van der Waals surface area contributed by atoms with Crippen LogP contribution in [0.2, 0.25) is 0 Å². The van der Waals surface area contributed by atoms with Gasteiger partial charge in [0.2, 0.25) is 0 Å². The molecule has 0 radical (unpaired) electrons. The maximum absolute atomic E-state index is 11.3. The van der Waals surface area contributed by atoms with E-state index in [4.69, 9.17) is 0 Å². The topological polar surface area (TPSA) is 17.1 Å². The van der Waals surface area contributed by atoms with Gasteiger partial charge in [-0.05, 0) is 18.9 Å². The van der Waals surface area contributed by atoms with Crippen molar-refractivity contribution in [3.63, 3.8) is 0 Å². The molecule has 0 rings (SSSR count). The highest BCUT2D eigenvalue weighted by atomic mass is 16.1. The third-order valence-electron chi connectivity index (χ3n) is 2.57. The van der Waals surface area contributed by atoms with E-state index < -0.39 is 0 Å². The molecule has 0 aliphatic heterocycles. The average molecular weight is 210 g/mol. The minimum Gasteiger partial charge on any atom is -0.295 e. The molecule has 15 heavy (non-hydrogen) atoms. The van der Waals surface area contributed by atoms with Crippen molar-refractivity contribution in [2.75, 3.05) is 0 Å². The second-order valence-corrected chi connectivity index (χ2v) is 4.15. The average Bonchev–Trinajstić information content (AvgIpc) is 2.25. The van der Waals surface area contributed by atoms with Crippen molar-refractivity contribution in [2.45, 2.75) is 71.6 Å². The number of hydrogen-bond acceptors (Lipinski definition) is 1. The Hall–Kier alpha value is -0.590. The maximum Gasteiger partial charge on any atom is 0.155 e. The van der Waals surface area contributed by atoms with Gasteiger partial charge in [-0.25, -0.2) is 0 Å². The number of rotatable bonds is 10. The number of unbranched alkanes of at least 4 members (excludes halogenated alkanes) is 6. The van der Waals surface area contributed by atoms with E-state index in [0.717, 1.165) is 19.3 Å². The molecule has 0 fully saturated rings. The molecule has 0 saturated heterocycles. The van der Waals surface area contributed by atoms with Gasteiger partial charge >= 0.3 is 0 Å². The number of ketones is 1. The summed E-state index contributed by atoms with van der Waals surface area (Å²) in [6.07, 6.45) is 14.3. The molecule has 0 saturated carbocycles. The first-order valence-electron chi connectivity index (χ1n) is 6.50. The number of hydrogen-bond donors (Lipinski definition) is 0. The summed E-state index contributed by atoms with van der Waals surface area (Å²) in [4.78, 5) is 11.3. The summed E-state index contributed by atoms with van der Waals surface area (Å²) < 4.78 is 0. The van der Waals surface area contributed by atoms with Gasteiger partial charge in [-0.3, -0.25) is 4.79 Å². The number of carbonyl (C=O) groups is 1. The van der Waals surface area contributed by atoms with Crippen LogP contribution in [-0.4, -0.2) is 5.78 Å². The van der Waals surface area contributed by atoms with E-state index >= 15 is 0 Å². The Kier molecular flexibility index (Phi) is 11.0. The number of carbonyl (C=O) groups excluding carboxylic acids is 1. The molecule has 0 spiro atoms. The zero-order valence-electron chi connectivity index (χ0n) is 10.4. The van der Waals surface area contributed by atoms with Crippen molar-refractivity contribution < 1.29 is 4.79 Å². The van der Waals surface area contributed by atoms with Crippen LogP contribution >= 0.6 is 0 Å². The lowest BCUT2D eigenvalue weighted by molar-refractivity contribution is -0.114. The Morgan fingerprint density at radius 3 is 2.13 bits per heavy atom. The molecule has 0 aromatic heterocycles. The third-order valence-corrected chi connectivity index (χ3v) is 2.57. The van der Waals surface area contributed by atoms with E-state index in [1.807, 2.05) is 6.08 Å². The Morgan fingerprint density at radius 2 is 1.53 bits per heavy atom. The van der Waals surface area contributed by atoms with E-state index in [-0.39, 0.29) is 0 Å². The summed E-state index contributed by atoms with van der Waals surface area (Å²) in [6.45, 7) is 4.29. The molecule has 0 amide bonds. The lowest BCUT2D eigenvalue weighted by Gasteiger charge is -1.99. The van der Waals surface area contributed by atoms with E-state index in [1.165, 1.54) is 38.5 Å². The zero-order valence-corrected chi connectivity index (χ0v) is 10.4. The third kappa shape index (κ3) is 11.3. The standard InChI is InChI=1S/C14H26O/c1-3-5-7-8-9-10-11-13-14(15)12-6-4-2/h6,12H,3-5,7-11,13H2,1-2H3. The van der Waals surface area contributed by atoms with Crippen LogP contribution in [0.3, 0.4) is 0 Å². The van der Waals surface area contributed by atoms with Gasteiger partial charge in [0.15, 0.2) is 5.78 Å². The van der Waals surface area contributed by atoms with Gasteiger partial charge in [-0.15, -0.1) is 0 Å². The summed E-state index contributed by atoms with van der Waals surface area (Å²) >= 11 is 0. The first-order valence-corrected chi connectivity index (χ1v) is 6.50. The fourth-order valence-corrected chi connectivity index (χ4v) is 1.59. The highest BCUT2D eigenvalue weighted by Crippen LogP contribution is 2.08. The maximum atomic E-state index is 11.3. The Balaban J connectivity index is 3.16. The van der Waals surface area contributed by atoms with Crippen LogP contribution in [-0.2, 0) is 4.79 Å². The second-order valence-electron chi connectivity index (χ2n) is 4.15. The van der Waals surface area contributed by atoms with Crippen molar-refractivity contribution in [1.82, 2.24) is 0 Å². The van der Waals surface area contributed by atoms with Gasteiger partial charge in [-0.2, -0.15) is 0 Å². The van der Waals surface area contributed by atoms with E-state index in [9.17, 15) is 4.79 Å². The summed E-state index contributed by atoms with van der Waals surface area (Å²) in [6, 6.07) is 0. The Bertz CT molecular complexity index is 170. The lowest BCUT2D eigenvalue weighted by atomic mass is 10.1. The molecule has 1 nitrogen and oxygen atoms in total. The van der Waals surface area contributed by atoms with Crippen LogP contribution in [0, 0.1) is 0 Å². The molecule has 0 heterocycles. The molecule has 0 atom stereocenters. The first kappa shape index (κ1) is 14.4. The molecule has 0 aliphatic rings. The minimum absolute atomic E-state index is 0.297. The highest BCUT2D eigenvalue weighted by molar-refractivity contribution is 5.89. The smallest absolute Gasteiger partial charge is 0.155 e. The molecule has 0 unspecified atom stereocenters. The van der Waals surface area contributed by atoms with Crippen molar-refractivity contribution >= 4 is 5.78 Å². The summed E-state index contributed by atoms with van der Waals surface area (Å²) in [7, 11) is 0. The molecule has 0 aromatic carbocycles. The molecular formula is C14H26O. The highest BCUT2D eigenvalue weighted by Gasteiger charge is 1.96. The van der Waals surface area contributed by atoms with Crippen molar-refractivity contribution in [3.8, 4) is 0 Å². The largest absolute Gasteiger partial charge is 0.295 e. The van der Waals surface area contributed by atoms with Crippen LogP contribution < -0.4 is 0 Å². The first-order chi connectivity index (χ1) is 7.31. The molecule has 0 bridgehead atoms. The fraction of sp³-hybridized carbons (Fsp3) is 0.786. The van der Waals surface area contributed by atoms with Crippen LogP contribution in [0.4, 0.5) is 0 Å². The zero-order chi connectivity index (χ0) is 11.4. The van der Waals surface area contributed by atoms with E-state index in [0.29, 0.717) is 5.78 Å². The van der Waals surface area contributed by atoms with Gasteiger partial charge in [0.05, 0.1) is 0 Å². The SMILES string of the molecule is CCC=CC(=O)CCCCCCCCC. The predicted octanol–water partition coefficient (Wildman–Crippen LogP) is 4.66. The van der Waals surface area contributed by atoms with Crippen LogP contribution in [0.25, 0.3) is 0 Å². The molecule has 1 heteroatoms. The van der Waals surface area contributed by atoms with E-state index in [1.54, 1.807) is 6.08 Å². The minimum atomic E-state index is 0.297. The fourth-order valence-electron chi connectivity index (χ4n) is 1.59. The van der Waals surface area contributed by atoms with Crippen LogP contribution in [0.15, 0.2) is 12.2 Å². The van der Waals surface area contributed by atoms with Crippen LogP contribution in [0.5, 0.6) is 0 Å². The monoisotopic (exact) mass is 210 g/mol. The molecule has 0 aromatic rings. The van der Waals surface area contributed by atoms with Gasteiger partial charge in [0.1, 0.15) is 0 Å². The van der Waals surface area contributed by atoms with Gasteiger partial charge in [0, 0.05) is 6.42 Å². The van der Waals surface area contributed by atoms with Gasteiger partial charge in [-0.1, -0.05) is 58.4 Å². The lowest BCUT2D eigenvalue weighted by Crippen LogP contribution is -1.92. The Labute approximate surface area is 95.0 Å². The molecular weight excluding hydrogens is 184 g/mol.